The summed E-state index contributed by atoms with van der Waals surface area (Å²) in [5, 5.41) is 10.1. The Hall–Kier alpha value is -3.45. The van der Waals surface area contributed by atoms with Gasteiger partial charge in [-0.25, -0.2) is 4.39 Å². The lowest BCUT2D eigenvalue weighted by molar-refractivity contribution is -0.147. The maximum absolute atomic E-state index is 14.3. The number of carboxylic acids is 1. The van der Waals surface area contributed by atoms with Crippen LogP contribution >= 0.6 is 0 Å². The van der Waals surface area contributed by atoms with Gasteiger partial charge in [-0.1, -0.05) is 32.9 Å². The van der Waals surface area contributed by atoms with Crippen LogP contribution in [0.4, 0.5) is 30.7 Å². The summed E-state index contributed by atoms with van der Waals surface area (Å²) < 4.78 is 94.5. The fourth-order valence-electron chi connectivity index (χ4n) is 7.31. The summed E-state index contributed by atoms with van der Waals surface area (Å²) in [7, 11) is 0. The van der Waals surface area contributed by atoms with Crippen LogP contribution in [0.3, 0.4) is 0 Å². The van der Waals surface area contributed by atoms with Crippen molar-refractivity contribution >= 4 is 11.7 Å². The molecule has 0 radical (unpaired) electrons. The lowest BCUT2D eigenvalue weighted by Crippen LogP contribution is -2.48. The Bertz CT molecular complexity index is 1490. The van der Waals surface area contributed by atoms with Crippen LogP contribution < -0.4 is 5.73 Å². The van der Waals surface area contributed by atoms with Crippen molar-refractivity contribution in [2.24, 2.45) is 28.0 Å². The van der Waals surface area contributed by atoms with E-state index in [0.29, 0.717) is 70.0 Å². The lowest BCUT2D eigenvalue weighted by Gasteiger charge is -2.36. The molecule has 0 aromatic heterocycles. The molecule has 4 rings (SSSR count). The highest BCUT2D eigenvalue weighted by atomic mass is 19.4. The van der Waals surface area contributed by atoms with Gasteiger partial charge in [0, 0.05) is 55.8 Å². The molecule has 6 nitrogen and oxygen atoms in total. The molecule has 2 fully saturated rings. The third-order valence-corrected chi connectivity index (χ3v) is 9.39. The second-order valence-electron chi connectivity index (χ2n) is 14.3. The number of benzene rings is 2. The third-order valence-electron chi connectivity index (χ3n) is 9.39. The topological polar surface area (TPSA) is 82.2 Å². The van der Waals surface area contributed by atoms with Crippen molar-refractivity contribution in [2.45, 2.75) is 71.3 Å². The molecule has 13 heteroatoms. The highest BCUT2D eigenvalue weighted by Gasteiger charge is 2.45. The van der Waals surface area contributed by atoms with E-state index >= 15 is 0 Å². The van der Waals surface area contributed by atoms with Crippen molar-refractivity contribution in [3.63, 3.8) is 0 Å². The minimum Gasteiger partial charge on any atom is -0.480 e. The molecule has 0 bridgehead atoms. The fraction of sp³-hybridized carbons (Fsp3) is 0.556. The van der Waals surface area contributed by atoms with Gasteiger partial charge < -0.3 is 15.7 Å². The number of likely N-dealkylation sites (tertiary alicyclic amines) is 2. The van der Waals surface area contributed by atoms with Crippen LogP contribution in [0, 0.1) is 23.1 Å². The van der Waals surface area contributed by atoms with Crippen LogP contribution in [0.5, 0.6) is 0 Å². The molecular weight excluding hydrogens is 653 g/mol. The normalized spacial score (nSPS) is 21.7. The zero-order valence-electron chi connectivity index (χ0n) is 28.2. The molecule has 0 unspecified atom stereocenters. The maximum atomic E-state index is 14.3. The van der Waals surface area contributed by atoms with E-state index in [-0.39, 0.29) is 47.3 Å². The Kier molecular flexibility index (Phi) is 11.9. The minimum absolute atomic E-state index is 0.0154. The lowest BCUT2D eigenvalue weighted by atomic mass is 9.85. The molecule has 2 aromatic rings. The molecule has 3 N–H and O–H groups in total. The van der Waals surface area contributed by atoms with Crippen molar-refractivity contribution in [3.05, 3.63) is 82.3 Å². The standard InChI is InChI=1S/C36H45F7N4O2/c1-5-45-31(18-29(44)15-22-13-26(35(38,39)40)17-27(14-22)36(41,42)43)23-9-11-46(12-10-23)19-25-20-47(32(33(48)49)34(2,3)4)21-30(25)24-7-6-8-28(37)16-24/h6-8,13-14,16-18,23,25,30,32H,5,9-12,15,19-21,44H2,1-4H3,(H,48,49)/t25-,30+,32-/m0/s1. The van der Waals surface area contributed by atoms with Gasteiger partial charge in [0.15, 0.2) is 0 Å². The van der Waals surface area contributed by atoms with E-state index in [2.05, 4.69) is 9.89 Å². The SMILES string of the molecule is CCN=C(C=C(N)Cc1cc(C(F)(F)F)cc(C(F)(F)F)c1)C1CCN(C[C@H]2CN([C@@H](C(=O)O)C(C)(C)C)C[C@@H]2c2cccc(F)c2)CC1. The minimum atomic E-state index is -4.95. The molecular formula is C36H45F7N4O2. The Morgan fingerprint density at radius 1 is 1.00 bits per heavy atom. The molecule has 2 saturated heterocycles. The highest BCUT2D eigenvalue weighted by molar-refractivity contribution is 5.97. The largest absolute Gasteiger partial charge is 0.480 e. The van der Waals surface area contributed by atoms with E-state index in [9.17, 15) is 40.6 Å². The number of nitrogens with zero attached hydrogens (tertiary/aromatic N) is 3. The van der Waals surface area contributed by atoms with Crippen LogP contribution in [-0.2, 0) is 23.6 Å². The van der Waals surface area contributed by atoms with Crippen molar-refractivity contribution in [1.82, 2.24) is 9.80 Å². The molecule has 0 saturated carbocycles. The monoisotopic (exact) mass is 698 g/mol. The molecule has 49 heavy (non-hydrogen) atoms. The first-order chi connectivity index (χ1) is 22.8. The predicted octanol–water partition coefficient (Wildman–Crippen LogP) is 7.64. The molecule has 0 aliphatic carbocycles. The van der Waals surface area contributed by atoms with E-state index < -0.39 is 40.9 Å². The van der Waals surface area contributed by atoms with Crippen LogP contribution in [0.15, 0.2) is 59.2 Å². The highest BCUT2D eigenvalue weighted by Crippen LogP contribution is 2.39. The molecule has 2 aliphatic heterocycles. The van der Waals surface area contributed by atoms with Gasteiger partial charge >= 0.3 is 18.3 Å². The van der Waals surface area contributed by atoms with Gasteiger partial charge in [0.05, 0.1) is 11.1 Å². The number of carboxylic acid groups (broad SMARTS) is 1. The smallest absolute Gasteiger partial charge is 0.416 e. The van der Waals surface area contributed by atoms with Gasteiger partial charge in [-0.15, -0.1) is 0 Å². The van der Waals surface area contributed by atoms with Crippen molar-refractivity contribution in [1.29, 1.82) is 0 Å². The molecule has 270 valence electrons. The van der Waals surface area contributed by atoms with E-state index in [4.69, 9.17) is 5.73 Å². The number of rotatable bonds is 10. The zero-order chi connectivity index (χ0) is 36.3. The molecule has 0 spiro atoms. The summed E-state index contributed by atoms with van der Waals surface area (Å²) in [5.41, 5.74) is 4.31. The average molecular weight is 699 g/mol. The third kappa shape index (κ3) is 10.1. The molecule has 0 amide bonds. The number of piperidine rings is 1. The average Bonchev–Trinajstić information content (AvgIpc) is 3.37. The summed E-state index contributed by atoms with van der Waals surface area (Å²) in [6, 6.07) is 7.23. The van der Waals surface area contributed by atoms with E-state index in [0.717, 1.165) is 5.56 Å². The quantitative estimate of drug-likeness (QED) is 0.197. The zero-order valence-corrected chi connectivity index (χ0v) is 28.2. The summed E-state index contributed by atoms with van der Waals surface area (Å²) >= 11 is 0. The number of alkyl halides is 6. The fourth-order valence-corrected chi connectivity index (χ4v) is 7.31. The molecule has 2 aliphatic rings. The predicted molar refractivity (Wildman–Crippen MR) is 175 cm³/mol. The van der Waals surface area contributed by atoms with Gasteiger partial charge in [0.25, 0.3) is 0 Å². The number of allylic oxidation sites excluding steroid dienone is 2. The summed E-state index contributed by atoms with van der Waals surface area (Å²) in [4.78, 5) is 21.2. The number of nitrogens with two attached hydrogens (primary N) is 1. The second-order valence-corrected chi connectivity index (χ2v) is 14.3. The van der Waals surface area contributed by atoms with Crippen LogP contribution in [0.1, 0.15) is 68.7 Å². The van der Waals surface area contributed by atoms with Crippen LogP contribution in [0.2, 0.25) is 0 Å². The number of hydrogen-bond donors (Lipinski definition) is 2. The van der Waals surface area contributed by atoms with E-state index in [1.54, 1.807) is 12.1 Å². The van der Waals surface area contributed by atoms with Gasteiger partial charge in [-0.2, -0.15) is 26.3 Å². The Labute approximate surface area is 282 Å². The number of aliphatic imine (C=N–C) groups is 1. The van der Waals surface area contributed by atoms with Gasteiger partial charge in [-0.05, 0) is 91.7 Å². The summed E-state index contributed by atoms with van der Waals surface area (Å²) in [6.45, 7) is 11.1. The summed E-state index contributed by atoms with van der Waals surface area (Å²) in [6.07, 6.45) is -7.23. The summed E-state index contributed by atoms with van der Waals surface area (Å²) in [5.74, 6) is -1.26. The maximum Gasteiger partial charge on any atom is 0.416 e. The van der Waals surface area contributed by atoms with Crippen LogP contribution in [0.25, 0.3) is 0 Å². The number of hydrogen-bond acceptors (Lipinski definition) is 5. The van der Waals surface area contributed by atoms with Crippen molar-refractivity contribution < 1.29 is 40.6 Å². The van der Waals surface area contributed by atoms with Gasteiger partial charge in [0.1, 0.15) is 11.9 Å². The van der Waals surface area contributed by atoms with Crippen molar-refractivity contribution in [3.8, 4) is 0 Å². The number of halogens is 7. The number of aliphatic carboxylic acids is 1. The first kappa shape index (κ1) is 38.4. The van der Waals surface area contributed by atoms with Crippen LogP contribution in [-0.4, -0.2) is 71.9 Å². The first-order valence-corrected chi connectivity index (χ1v) is 16.5. The van der Waals surface area contributed by atoms with Gasteiger partial charge in [-0.3, -0.25) is 14.7 Å². The molecule has 2 heterocycles. The van der Waals surface area contributed by atoms with Gasteiger partial charge in [0.2, 0.25) is 0 Å². The van der Waals surface area contributed by atoms with E-state index in [1.165, 1.54) is 12.1 Å². The first-order valence-electron chi connectivity index (χ1n) is 16.5. The second kappa shape index (κ2) is 15.2. The molecule has 3 atom stereocenters. The Morgan fingerprint density at radius 2 is 1.61 bits per heavy atom. The number of carbonyl (C=O) groups is 1. The Morgan fingerprint density at radius 3 is 2.12 bits per heavy atom. The van der Waals surface area contributed by atoms with Crippen molar-refractivity contribution in [2.75, 3.05) is 39.3 Å². The van der Waals surface area contributed by atoms with E-state index in [1.807, 2.05) is 38.7 Å². The Balaban J connectivity index is 1.47. The molecule has 2 aromatic carbocycles.